The molecule has 2 unspecified atom stereocenters. The number of piperidine rings is 1. The van der Waals surface area contributed by atoms with Gasteiger partial charge in [0.2, 0.25) is 5.91 Å². The summed E-state index contributed by atoms with van der Waals surface area (Å²) < 4.78 is 15.9. The SMILES string of the molecule is COc1cc(OC)c(OC)cc1NC(=O)CC1CC2CCC(C1)N2.Cl. The highest BCUT2D eigenvalue weighted by atomic mass is 35.5. The first-order valence-corrected chi connectivity index (χ1v) is 8.48. The molecule has 1 aromatic carbocycles. The highest BCUT2D eigenvalue weighted by Crippen LogP contribution is 2.38. The highest BCUT2D eigenvalue weighted by Gasteiger charge is 2.34. The van der Waals surface area contributed by atoms with Gasteiger partial charge in [-0.05, 0) is 31.6 Å². The third kappa shape index (κ3) is 4.50. The van der Waals surface area contributed by atoms with E-state index in [9.17, 15) is 4.79 Å². The van der Waals surface area contributed by atoms with Crippen LogP contribution in [0.25, 0.3) is 0 Å². The number of ether oxygens (including phenoxy) is 3. The van der Waals surface area contributed by atoms with Crippen molar-refractivity contribution in [2.24, 2.45) is 5.92 Å². The first-order chi connectivity index (χ1) is 11.6. The van der Waals surface area contributed by atoms with E-state index in [4.69, 9.17) is 14.2 Å². The summed E-state index contributed by atoms with van der Waals surface area (Å²) >= 11 is 0. The maximum absolute atomic E-state index is 12.5. The van der Waals surface area contributed by atoms with E-state index in [0.717, 1.165) is 12.8 Å². The second kappa shape index (κ2) is 8.63. The van der Waals surface area contributed by atoms with E-state index < -0.39 is 0 Å². The zero-order chi connectivity index (χ0) is 17.1. The Kier molecular flexibility index (Phi) is 6.79. The van der Waals surface area contributed by atoms with Gasteiger partial charge in [0.25, 0.3) is 0 Å². The monoisotopic (exact) mass is 370 g/mol. The molecule has 7 heteroatoms. The van der Waals surface area contributed by atoms with Crippen LogP contribution in [0.5, 0.6) is 17.2 Å². The molecule has 2 saturated heterocycles. The number of anilines is 1. The van der Waals surface area contributed by atoms with Gasteiger partial charge in [-0.2, -0.15) is 0 Å². The minimum absolute atomic E-state index is 0. The topological polar surface area (TPSA) is 68.8 Å². The molecule has 0 saturated carbocycles. The minimum Gasteiger partial charge on any atom is -0.494 e. The Labute approximate surface area is 155 Å². The van der Waals surface area contributed by atoms with Gasteiger partial charge in [0, 0.05) is 30.6 Å². The summed E-state index contributed by atoms with van der Waals surface area (Å²) in [5.41, 5.74) is 0.608. The summed E-state index contributed by atoms with van der Waals surface area (Å²) in [7, 11) is 4.71. The number of halogens is 1. The number of hydrogen-bond acceptors (Lipinski definition) is 5. The number of hydrogen-bond donors (Lipinski definition) is 2. The van der Waals surface area contributed by atoms with E-state index >= 15 is 0 Å². The number of amides is 1. The molecule has 1 amide bonds. The van der Waals surface area contributed by atoms with Gasteiger partial charge in [-0.1, -0.05) is 0 Å². The molecule has 0 spiro atoms. The van der Waals surface area contributed by atoms with Crippen LogP contribution in [0.4, 0.5) is 5.69 Å². The molecule has 1 aromatic rings. The molecule has 0 radical (unpaired) electrons. The lowest BCUT2D eigenvalue weighted by Crippen LogP contribution is -2.39. The zero-order valence-corrected chi connectivity index (χ0v) is 15.8. The molecule has 0 aliphatic carbocycles. The van der Waals surface area contributed by atoms with Gasteiger partial charge in [0.05, 0.1) is 27.0 Å². The van der Waals surface area contributed by atoms with Crippen LogP contribution in [0.3, 0.4) is 0 Å². The Balaban J connectivity index is 0.00000225. The van der Waals surface area contributed by atoms with Crippen LogP contribution in [0, 0.1) is 5.92 Å². The summed E-state index contributed by atoms with van der Waals surface area (Å²) in [6, 6.07) is 4.65. The first-order valence-electron chi connectivity index (χ1n) is 8.48. The van der Waals surface area contributed by atoms with Crippen LogP contribution in [-0.4, -0.2) is 39.3 Å². The Morgan fingerprint density at radius 2 is 1.60 bits per heavy atom. The van der Waals surface area contributed by atoms with Crippen molar-refractivity contribution < 1.29 is 19.0 Å². The van der Waals surface area contributed by atoms with Crippen LogP contribution in [0.2, 0.25) is 0 Å². The van der Waals surface area contributed by atoms with E-state index in [2.05, 4.69) is 10.6 Å². The fourth-order valence-corrected chi connectivity index (χ4v) is 3.93. The predicted molar refractivity (Wildman–Crippen MR) is 99.3 cm³/mol. The van der Waals surface area contributed by atoms with Gasteiger partial charge in [0.15, 0.2) is 11.5 Å². The first kappa shape index (κ1) is 19.7. The second-order valence-electron chi connectivity index (χ2n) is 6.64. The molecule has 2 heterocycles. The maximum Gasteiger partial charge on any atom is 0.224 e. The molecule has 140 valence electrons. The van der Waals surface area contributed by atoms with Gasteiger partial charge >= 0.3 is 0 Å². The summed E-state index contributed by atoms with van der Waals surface area (Å²) in [5.74, 6) is 2.17. The minimum atomic E-state index is 0. The molecular weight excluding hydrogens is 344 g/mol. The summed E-state index contributed by atoms with van der Waals surface area (Å²) in [6.07, 6.45) is 5.21. The number of methoxy groups -OCH3 is 3. The summed E-state index contributed by atoms with van der Waals surface area (Å²) in [4.78, 5) is 12.5. The van der Waals surface area contributed by atoms with Crippen LogP contribution in [0.1, 0.15) is 32.1 Å². The van der Waals surface area contributed by atoms with Crippen molar-refractivity contribution in [1.29, 1.82) is 0 Å². The Morgan fingerprint density at radius 3 is 2.16 bits per heavy atom. The normalized spacial score (nSPS) is 24.2. The van der Waals surface area contributed by atoms with E-state index in [1.807, 2.05) is 0 Å². The lowest BCUT2D eigenvalue weighted by atomic mass is 9.89. The van der Waals surface area contributed by atoms with Gasteiger partial charge in [-0.25, -0.2) is 0 Å². The van der Waals surface area contributed by atoms with Crippen LogP contribution < -0.4 is 24.8 Å². The van der Waals surface area contributed by atoms with Crippen molar-refractivity contribution in [2.75, 3.05) is 26.6 Å². The van der Waals surface area contributed by atoms with Crippen LogP contribution >= 0.6 is 12.4 Å². The van der Waals surface area contributed by atoms with Gasteiger partial charge in [-0.15, -0.1) is 12.4 Å². The van der Waals surface area contributed by atoms with E-state index in [0.29, 0.717) is 47.4 Å². The average molecular weight is 371 g/mol. The number of carbonyl (C=O) groups excluding carboxylic acids is 1. The quantitative estimate of drug-likeness (QED) is 0.805. The summed E-state index contributed by atoms with van der Waals surface area (Å²) in [5, 5.41) is 6.57. The largest absolute Gasteiger partial charge is 0.494 e. The Bertz CT molecular complexity index is 599. The second-order valence-corrected chi connectivity index (χ2v) is 6.64. The number of benzene rings is 1. The lowest BCUT2D eigenvalue weighted by molar-refractivity contribution is -0.117. The fourth-order valence-electron chi connectivity index (χ4n) is 3.93. The number of fused-ring (bicyclic) bond motifs is 2. The van der Waals surface area contributed by atoms with Crippen molar-refractivity contribution in [1.82, 2.24) is 5.32 Å². The smallest absolute Gasteiger partial charge is 0.224 e. The molecule has 6 nitrogen and oxygen atoms in total. The van der Waals surface area contributed by atoms with Crippen molar-refractivity contribution >= 4 is 24.0 Å². The number of nitrogens with one attached hydrogen (secondary N) is 2. The molecule has 2 N–H and O–H groups in total. The molecule has 2 aliphatic heterocycles. The van der Waals surface area contributed by atoms with Crippen molar-refractivity contribution in [3.05, 3.63) is 12.1 Å². The fraction of sp³-hybridized carbons (Fsp3) is 0.611. The van der Waals surface area contributed by atoms with Crippen molar-refractivity contribution in [3.8, 4) is 17.2 Å². The average Bonchev–Trinajstić information content (AvgIpc) is 2.92. The number of rotatable bonds is 6. The Morgan fingerprint density at radius 1 is 1.04 bits per heavy atom. The van der Waals surface area contributed by atoms with Crippen molar-refractivity contribution in [2.45, 2.75) is 44.2 Å². The standard InChI is InChI=1S/C18H26N2O4.ClH/c1-22-15-10-17(24-3)16(23-2)9-14(15)20-18(21)8-11-6-12-4-5-13(7-11)19-12;/h9-13,19H,4-8H2,1-3H3,(H,20,21);1H. The van der Waals surface area contributed by atoms with Gasteiger partial charge in [-0.3, -0.25) is 4.79 Å². The van der Waals surface area contributed by atoms with E-state index in [1.165, 1.54) is 12.8 Å². The van der Waals surface area contributed by atoms with Crippen molar-refractivity contribution in [3.63, 3.8) is 0 Å². The third-order valence-electron chi connectivity index (χ3n) is 5.02. The Hall–Kier alpha value is -1.66. The summed E-state index contributed by atoms with van der Waals surface area (Å²) in [6.45, 7) is 0. The molecule has 25 heavy (non-hydrogen) atoms. The zero-order valence-electron chi connectivity index (χ0n) is 15.0. The van der Waals surface area contributed by atoms with Crippen LogP contribution in [-0.2, 0) is 4.79 Å². The molecule has 3 rings (SSSR count). The molecule has 2 aliphatic rings. The van der Waals surface area contributed by atoms with Gasteiger partial charge < -0.3 is 24.8 Å². The van der Waals surface area contributed by atoms with Gasteiger partial charge in [0.1, 0.15) is 5.75 Å². The molecule has 2 bridgehead atoms. The highest BCUT2D eigenvalue weighted by molar-refractivity contribution is 5.93. The maximum atomic E-state index is 12.5. The molecule has 2 fully saturated rings. The number of carbonyl (C=O) groups is 1. The molecule has 2 atom stereocenters. The molecular formula is C18H27ClN2O4. The molecule has 0 aromatic heterocycles. The van der Waals surface area contributed by atoms with E-state index in [1.54, 1.807) is 33.5 Å². The predicted octanol–water partition coefficient (Wildman–Crippen LogP) is 2.99. The van der Waals surface area contributed by atoms with E-state index in [-0.39, 0.29) is 18.3 Å². The van der Waals surface area contributed by atoms with Crippen LogP contribution in [0.15, 0.2) is 12.1 Å². The third-order valence-corrected chi connectivity index (χ3v) is 5.02. The lowest BCUT2D eigenvalue weighted by Gasteiger charge is -2.28.